The molecule has 2 N–H and O–H groups in total. The number of carboxylic acid groups (broad SMARTS) is 1. The lowest BCUT2D eigenvalue weighted by Crippen LogP contribution is -2.36. The van der Waals surface area contributed by atoms with Gasteiger partial charge in [-0.1, -0.05) is 40.9 Å². The van der Waals surface area contributed by atoms with Gasteiger partial charge < -0.3 is 10.4 Å². The van der Waals surface area contributed by atoms with Crippen molar-refractivity contribution in [3.05, 3.63) is 34.1 Å². The SMILES string of the molecule is O=C(O)[C@@H]1CCCC[C@H]1C(=O)Nc1nc(-c2ccc(Br)cc2)cs1. The van der Waals surface area contributed by atoms with E-state index in [1.807, 2.05) is 29.6 Å². The molecule has 7 heteroatoms. The predicted octanol–water partition coefficient (Wildman–Crippen LogP) is 4.40. The zero-order chi connectivity index (χ0) is 17.1. The highest BCUT2D eigenvalue weighted by molar-refractivity contribution is 9.10. The van der Waals surface area contributed by atoms with Gasteiger partial charge in [0.25, 0.3) is 0 Å². The molecule has 1 fully saturated rings. The molecule has 24 heavy (non-hydrogen) atoms. The van der Waals surface area contributed by atoms with Crippen molar-refractivity contribution < 1.29 is 14.7 Å². The van der Waals surface area contributed by atoms with Gasteiger partial charge in [-0.15, -0.1) is 11.3 Å². The molecule has 1 aliphatic carbocycles. The number of hydrogen-bond donors (Lipinski definition) is 2. The molecule has 1 aromatic carbocycles. The first-order valence-corrected chi connectivity index (χ1v) is 9.47. The number of nitrogens with zero attached hydrogens (tertiary/aromatic N) is 1. The average molecular weight is 409 g/mol. The van der Waals surface area contributed by atoms with Gasteiger partial charge in [0, 0.05) is 15.4 Å². The van der Waals surface area contributed by atoms with Crippen LogP contribution in [0.15, 0.2) is 34.1 Å². The molecule has 0 aliphatic heterocycles. The molecule has 0 radical (unpaired) electrons. The molecule has 0 unspecified atom stereocenters. The molecule has 1 amide bonds. The standard InChI is InChI=1S/C17H17BrN2O3S/c18-11-7-5-10(6-8-11)14-9-24-17(19-14)20-15(21)12-3-1-2-4-13(12)16(22)23/h5-9,12-13H,1-4H2,(H,22,23)(H,19,20,21)/t12-,13-/m1/s1. The molecule has 2 atom stereocenters. The van der Waals surface area contributed by atoms with E-state index in [1.54, 1.807) is 0 Å². The molecule has 0 spiro atoms. The molecule has 5 nitrogen and oxygen atoms in total. The highest BCUT2D eigenvalue weighted by Gasteiger charge is 2.35. The number of anilines is 1. The van der Waals surface area contributed by atoms with E-state index in [4.69, 9.17) is 0 Å². The zero-order valence-corrected chi connectivity index (χ0v) is 15.3. The Balaban J connectivity index is 1.70. The van der Waals surface area contributed by atoms with Crippen LogP contribution in [0, 0.1) is 11.8 Å². The fraction of sp³-hybridized carbons (Fsp3) is 0.353. The summed E-state index contributed by atoms with van der Waals surface area (Å²) in [6.07, 6.45) is 2.94. The van der Waals surface area contributed by atoms with E-state index in [1.165, 1.54) is 11.3 Å². The maximum absolute atomic E-state index is 12.5. The molecule has 1 heterocycles. The number of nitrogens with one attached hydrogen (secondary N) is 1. The number of halogens is 1. The first kappa shape index (κ1) is 17.1. The van der Waals surface area contributed by atoms with E-state index >= 15 is 0 Å². The quantitative estimate of drug-likeness (QED) is 0.785. The molecule has 2 aromatic rings. The van der Waals surface area contributed by atoms with Crippen LogP contribution in [0.5, 0.6) is 0 Å². The lowest BCUT2D eigenvalue weighted by molar-refractivity contribution is -0.147. The van der Waals surface area contributed by atoms with Gasteiger partial charge in [-0.3, -0.25) is 9.59 Å². The van der Waals surface area contributed by atoms with Crippen LogP contribution >= 0.6 is 27.3 Å². The Hall–Kier alpha value is -1.73. The van der Waals surface area contributed by atoms with Crippen molar-refractivity contribution >= 4 is 44.3 Å². The molecule has 126 valence electrons. The van der Waals surface area contributed by atoms with Gasteiger partial charge >= 0.3 is 5.97 Å². The lowest BCUT2D eigenvalue weighted by Gasteiger charge is -2.26. The highest BCUT2D eigenvalue weighted by Crippen LogP contribution is 2.32. The molecular weight excluding hydrogens is 392 g/mol. The second kappa shape index (κ2) is 7.44. The van der Waals surface area contributed by atoms with Crippen LogP contribution in [0.1, 0.15) is 25.7 Å². The predicted molar refractivity (Wildman–Crippen MR) is 97.0 cm³/mol. The fourth-order valence-electron chi connectivity index (χ4n) is 3.02. The van der Waals surface area contributed by atoms with Crippen LogP contribution in [-0.4, -0.2) is 22.0 Å². The number of aromatic nitrogens is 1. The second-order valence-electron chi connectivity index (χ2n) is 5.87. The monoisotopic (exact) mass is 408 g/mol. The number of rotatable bonds is 4. The van der Waals surface area contributed by atoms with E-state index in [0.29, 0.717) is 18.0 Å². The van der Waals surface area contributed by atoms with E-state index in [9.17, 15) is 14.7 Å². The molecule has 0 bridgehead atoms. The van der Waals surface area contributed by atoms with Crippen LogP contribution in [-0.2, 0) is 9.59 Å². The molecule has 0 saturated heterocycles. The molecule has 1 aromatic heterocycles. The summed E-state index contributed by atoms with van der Waals surface area (Å²) in [6, 6.07) is 7.78. The first-order valence-electron chi connectivity index (χ1n) is 7.80. The number of carbonyl (C=O) groups is 2. The second-order valence-corrected chi connectivity index (χ2v) is 7.64. The minimum absolute atomic E-state index is 0.237. The third-order valence-electron chi connectivity index (χ3n) is 4.29. The van der Waals surface area contributed by atoms with E-state index in [0.717, 1.165) is 28.6 Å². The number of amides is 1. The van der Waals surface area contributed by atoms with Gasteiger partial charge in [0.15, 0.2) is 5.13 Å². The zero-order valence-electron chi connectivity index (χ0n) is 12.9. The lowest BCUT2D eigenvalue weighted by atomic mass is 9.79. The van der Waals surface area contributed by atoms with Crippen LogP contribution in [0.2, 0.25) is 0 Å². The third kappa shape index (κ3) is 3.84. The summed E-state index contributed by atoms with van der Waals surface area (Å²) in [5.41, 5.74) is 1.76. The van der Waals surface area contributed by atoms with Crippen molar-refractivity contribution in [1.29, 1.82) is 0 Å². The number of carboxylic acids is 1. The van der Waals surface area contributed by atoms with Gasteiger partial charge in [0.2, 0.25) is 5.91 Å². The Morgan fingerprint density at radius 2 is 1.83 bits per heavy atom. The number of aliphatic carboxylic acids is 1. The summed E-state index contributed by atoms with van der Waals surface area (Å²) >= 11 is 4.74. The smallest absolute Gasteiger partial charge is 0.307 e. The number of hydrogen-bond acceptors (Lipinski definition) is 4. The average Bonchev–Trinajstić information content (AvgIpc) is 3.04. The summed E-state index contributed by atoms with van der Waals surface area (Å²) in [4.78, 5) is 28.2. The third-order valence-corrected chi connectivity index (χ3v) is 5.58. The van der Waals surface area contributed by atoms with Crippen LogP contribution in [0.25, 0.3) is 11.3 Å². The van der Waals surface area contributed by atoms with Crippen molar-refractivity contribution in [2.75, 3.05) is 5.32 Å². The topological polar surface area (TPSA) is 79.3 Å². The maximum atomic E-state index is 12.5. The van der Waals surface area contributed by atoms with Crippen LogP contribution in [0.3, 0.4) is 0 Å². The summed E-state index contributed by atoms with van der Waals surface area (Å²) in [7, 11) is 0. The molecule has 1 aliphatic rings. The van der Waals surface area contributed by atoms with Gasteiger partial charge in [0.05, 0.1) is 17.5 Å². The Labute approximate surface area is 152 Å². The maximum Gasteiger partial charge on any atom is 0.307 e. The van der Waals surface area contributed by atoms with E-state index in [2.05, 4.69) is 26.2 Å². The Bertz CT molecular complexity index is 745. The van der Waals surface area contributed by atoms with Gasteiger partial charge in [-0.2, -0.15) is 0 Å². The van der Waals surface area contributed by atoms with Crippen molar-refractivity contribution in [3.63, 3.8) is 0 Å². The normalized spacial score (nSPS) is 20.5. The molecular formula is C17H17BrN2O3S. The van der Waals surface area contributed by atoms with Crippen molar-refractivity contribution in [3.8, 4) is 11.3 Å². The highest BCUT2D eigenvalue weighted by atomic mass is 79.9. The minimum atomic E-state index is -0.885. The van der Waals surface area contributed by atoms with Crippen molar-refractivity contribution in [2.24, 2.45) is 11.8 Å². The van der Waals surface area contributed by atoms with E-state index in [-0.39, 0.29) is 5.91 Å². The number of thiazole rings is 1. The summed E-state index contributed by atoms with van der Waals surface area (Å²) in [6.45, 7) is 0. The Kier molecular flexibility index (Phi) is 5.30. The summed E-state index contributed by atoms with van der Waals surface area (Å²) in [5, 5.41) is 14.5. The minimum Gasteiger partial charge on any atom is -0.481 e. The van der Waals surface area contributed by atoms with Gasteiger partial charge in [-0.05, 0) is 25.0 Å². The van der Waals surface area contributed by atoms with Crippen LogP contribution < -0.4 is 5.32 Å². The summed E-state index contributed by atoms with van der Waals surface area (Å²) < 4.78 is 0.993. The first-order chi connectivity index (χ1) is 11.5. The Morgan fingerprint density at radius 1 is 1.17 bits per heavy atom. The van der Waals surface area contributed by atoms with E-state index < -0.39 is 17.8 Å². The van der Waals surface area contributed by atoms with Crippen molar-refractivity contribution in [1.82, 2.24) is 4.98 Å². The summed E-state index contributed by atoms with van der Waals surface area (Å²) in [5.74, 6) is -2.19. The van der Waals surface area contributed by atoms with Gasteiger partial charge in [-0.25, -0.2) is 4.98 Å². The van der Waals surface area contributed by atoms with Gasteiger partial charge in [0.1, 0.15) is 0 Å². The van der Waals surface area contributed by atoms with Crippen LogP contribution in [0.4, 0.5) is 5.13 Å². The molecule has 3 rings (SSSR count). The number of benzene rings is 1. The molecule has 1 saturated carbocycles. The fourth-order valence-corrected chi connectivity index (χ4v) is 4.01. The largest absolute Gasteiger partial charge is 0.481 e. The Morgan fingerprint density at radius 3 is 2.50 bits per heavy atom. The number of carbonyl (C=O) groups excluding carboxylic acids is 1. The van der Waals surface area contributed by atoms with Crippen molar-refractivity contribution in [2.45, 2.75) is 25.7 Å².